The molecule has 2 rings (SSSR count). The highest BCUT2D eigenvalue weighted by atomic mass is 15.2. The van der Waals surface area contributed by atoms with Crippen LogP contribution in [0.15, 0.2) is 0 Å². The lowest BCUT2D eigenvalue weighted by molar-refractivity contribution is 0.136. The van der Waals surface area contributed by atoms with Crippen LogP contribution in [0.2, 0.25) is 0 Å². The minimum Gasteiger partial charge on any atom is -0.316 e. The van der Waals surface area contributed by atoms with E-state index in [2.05, 4.69) is 24.1 Å². The summed E-state index contributed by atoms with van der Waals surface area (Å²) in [5.74, 6) is 0.906. The molecule has 1 aliphatic heterocycles. The molecule has 0 spiro atoms. The van der Waals surface area contributed by atoms with Crippen LogP contribution in [-0.2, 0) is 0 Å². The molecule has 0 radical (unpaired) electrons. The number of hydrogen-bond donors (Lipinski definition) is 1. The molecule has 1 heterocycles. The van der Waals surface area contributed by atoms with E-state index >= 15 is 0 Å². The number of hydrogen-bond acceptors (Lipinski definition) is 2. The first-order chi connectivity index (χ1) is 7.74. The molecular weight excluding hydrogens is 196 g/mol. The monoisotopic (exact) mass is 224 g/mol. The standard InChI is InChI=1S/C14H28N2/c1-3-9-15-11-13-6-10-16(12-13)14(2)7-4-5-8-14/h13,15H,3-12H2,1-2H3. The second-order valence-electron chi connectivity index (χ2n) is 6.01. The lowest BCUT2D eigenvalue weighted by atomic mass is 9.98. The van der Waals surface area contributed by atoms with Crippen LogP contribution in [0.25, 0.3) is 0 Å². The van der Waals surface area contributed by atoms with Gasteiger partial charge < -0.3 is 5.32 Å². The Bertz CT molecular complexity index is 209. The van der Waals surface area contributed by atoms with E-state index < -0.39 is 0 Å². The topological polar surface area (TPSA) is 15.3 Å². The molecule has 94 valence electrons. The smallest absolute Gasteiger partial charge is 0.0181 e. The van der Waals surface area contributed by atoms with Gasteiger partial charge in [-0.2, -0.15) is 0 Å². The normalized spacial score (nSPS) is 30.0. The van der Waals surface area contributed by atoms with Gasteiger partial charge in [0.1, 0.15) is 0 Å². The summed E-state index contributed by atoms with van der Waals surface area (Å²) in [4.78, 5) is 2.78. The van der Waals surface area contributed by atoms with Crippen LogP contribution in [0.1, 0.15) is 52.4 Å². The van der Waals surface area contributed by atoms with Crippen molar-refractivity contribution in [1.82, 2.24) is 10.2 Å². The zero-order valence-corrected chi connectivity index (χ0v) is 11.1. The molecule has 2 heteroatoms. The van der Waals surface area contributed by atoms with Crippen molar-refractivity contribution in [3.8, 4) is 0 Å². The molecule has 0 aromatic heterocycles. The summed E-state index contributed by atoms with van der Waals surface area (Å²) in [6.45, 7) is 9.84. The van der Waals surface area contributed by atoms with E-state index in [9.17, 15) is 0 Å². The van der Waals surface area contributed by atoms with E-state index in [0.717, 1.165) is 5.92 Å². The highest BCUT2D eigenvalue weighted by molar-refractivity contribution is 4.94. The van der Waals surface area contributed by atoms with Crippen LogP contribution in [0.5, 0.6) is 0 Å². The van der Waals surface area contributed by atoms with Crippen molar-refractivity contribution in [3.63, 3.8) is 0 Å². The van der Waals surface area contributed by atoms with Crippen LogP contribution in [0, 0.1) is 5.92 Å². The summed E-state index contributed by atoms with van der Waals surface area (Å²) in [6.07, 6.45) is 8.43. The molecule has 0 aromatic carbocycles. The summed E-state index contributed by atoms with van der Waals surface area (Å²) < 4.78 is 0. The summed E-state index contributed by atoms with van der Waals surface area (Å²) >= 11 is 0. The van der Waals surface area contributed by atoms with Gasteiger partial charge in [0, 0.05) is 12.1 Å². The SMILES string of the molecule is CCCNCC1CCN(C2(C)CCCC2)C1. The first kappa shape index (κ1) is 12.4. The van der Waals surface area contributed by atoms with Gasteiger partial charge in [0.25, 0.3) is 0 Å². The summed E-state index contributed by atoms with van der Waals surface area (Å²) in [5.41, 5.74) is 0.555. The highest BCUT2D eigenvalue weighted by Crippen LogP contribution is 2.37. The van der Waals surface area contributed by atoms with E-state index in [0.29, 0.717) is 5.54 Å². The first-order valence-electron chi connectivity index (χ1n) is 7.20. The second kappa shape index (κ2) is 5.50. The summed E-state index contributed by atoms with van der Waals surface area (Å²) in [7, 11) is 0. The Morgan fingerprint density at radius 2 is 2.06 bits per heavy atom. The molecule has 1 saturated heterocycles. The third kappa shape index (κ3) is 2.78. The molecule has 2 aliphatic rings. The maximum absolute atomic E-state index is 3.57. The number of rotatable bonds is 5. The van der Waals surface area contributed by atoms with Gasteiger partial charge in [0.15, 0.2) is 0 Å². The zero-order chi connectivity index (χ0) is 11.4. The summed E-state index contributed by atoms with van der Waals surface area (Å²) in [6, 6.07) is 0. The van der Waals surface area contributed by atoms with Crippen molar-refractivity contribution >= 4 is 0 Å². The first-order valence-corrected chi connectivity index (χ1v) is 7.20. The van der Waals surface area contributed by atoms with Crippen molar-refractivity contribution in [3.05, 3.63) is 0 Å². The van der Waals surface area contributed by atoms with Crippen molar-refractivity contribution in [2.24, 2.45) is 5.92 Å². The van der Waals surface area contributed by atoms with Gasteiger partial charge in [0.05, 0.1) is 0 Å². The van der Waals surface area contributed by atoms with Crippen molar-refractivity contribution < 1.29 is 0 Å². The fraction of sp³-hybridized carbons (Fsp3) is 1.00. The number of nitrogens with one attached hydrogen (secondary N) is 1. The lowest BCUT2D eigenvalue weighted by Crippen LogP contribution is -2.43. The van der Waals surface area contributed by atoms with Gasteiger partial charge in [-0.25, -0.2) is 0 Å². The molecule has 16 heavy (non-hydrogen) atoms. The highest BCUT2D eigenvalue weighted by Gasteiger charge is 2.38. The predicted molar refractivity (Wildman–Crippen MR) is 69.7 cm³/mol. The van der Waals surface area contributed by atoms with Crippen LogP contribution >= 0.6 is 0 Å². The van der Waals surface area contributed by atoms with Gasteiger partial charge in [-0.3, -0.25) is 4.90 Å². The van der Waals surface area contributed by atoms with E-state index in [1.54, 1.807) is 0 Å². The Morgan fingerprint density at radius 1 is 1.31 bits per heavy atom. The Morgan fingerprint density at radius 3 is 2.75 bits per heavy atom. The fourth-order valence-electron chi connectivity index (χ4n) is 3.43. The minimum atomic E-state index is 0.555. The van der Waals surface area contributed by atoms with E-state index in [4.69, 9.17) is 0 Å². The zero-order valence-electron chi connectivity index (χ0n) is 11.1. The maximum atomic E-state index is 3.57. The Balaban J connectivity index is 1.74. The molecule has 0 amide bonds. The van der Waals surface area contributed by atoms with E-state index in [-0.39, 0.29) is 0 Å². The molecule has 1 unspecified atom stereocenters. The molecule has 1 aliphatic carbocycles. The third-order valence-corrected chi connectivity index (χ3v) is 4.59. The van der Waals surface area contributed by atoms with Gasteiger partial charge in [0.2, 0.25) is 0 Å². The Hall–Kier alpha value is -0.0800. The molecule has 2 nitrogen and oxygen atoms in total. The predicted octanol–water partition coefficient (Wildman–Crippen LogP) is 2.64. The molecule has 2 fully saturated rings. The average molecular weight is 224 g/mol. The average Bonchev–Trinajstić information content (AvgIpc) is 2.88. The summed E-state index contributed by atoms with van der Waals surface area (Å²) in [5, 5.41) is 3.57. The van der Waals surface area contributed by atoms with Crippen molar-refractivity contribution in [2.75, 3.05) is 26.2 Å². The lowest BCUT2D eigenvalue weighted by Gasteiger charge is -2.35. The van der Waals surface area contributed by atoms with E-state index in [1.807, 2.05) is 0 Å². The molecule has 0 aromatic rings. The molecule has 1 N–H and O–H groups in total. The fourth-order valence-corrected chi connectivity index (χ4v) is 3.43. The molecule has 1 saturated carbocycles. The van der Waals surface area contributed by atoms with Crippen LogP contribution < -0.4 is 5.32 Å². The Labute approximate surface area is 101 Å². The van der Waals surface area contributed by atoms with E-state index in [1.165, 1.54) is 64.7 Å². The largest absolute Gasteiger partial charge is 0.316 e. The number of likely N-dealkylation sites (tertiary alicyclic amines) is 1. The van der Waals surface area contributed by atoms with Crippen LogP contribution in [0.4, 0.5) is 0 Å². The molecule has 1 atom stereocenters. The number of nitrogens with zero attached hydrogens (tertiary/aromatic N) is 1. The minimum absolute atomic E-state index is 0.555. The van der Waals surface area contributed by atoms with Crippen LogP contribution in [0.3, 0.4) is 0 Å². The van der Waals surface area contributed by atoms with Gasteiger partial charge in [-0.15, -0.1) is 0 Å². The van der Waals surface area contributed by atoms with Crippen LogP contribution in [-0.4, -0.2) is 36.6 Å². The van der Waals surface area contributed by atoms with Gasteiger partial charge >= 0.3 is 0 Å². The van der Waals surface area contributed by atoms with Gasteiger partial charge in [-0.1, -0.05) is 19.8 Å². The molecular formula is C14H28N2. The van der Waals surface area contributed by atoms with Gasteiger partial charge in [-0.05, 0) is 58.2 Å². The van der Waals surface area contributed by atoms with Crippen molar-refractivity contribution in [1.29, 1.82) is 0 Å². The van der Waals surface area contributed by atoms with Crippen molar-refractivity contribution in [2.45, 2.75) is 57.9 Å². The molecule has 0 bridgehead atoms. The second-order valence-corrected chi connectivity index (χ2v) is 6.01. The third-order valence-electron chi connectivity index (χ3n) is 4.59. The maximum Gasteiger partial charge on any atom is 0.0181 e. The Kier molecular flexibility index (Phi) is 4.26. The quantitative estimate of drug-likeness (QED) is 0.722.